The highest BCUT2D eigenvalue weighted by atomic mass is 35.5. The minimum atomic E-state index is -0.781. The van der Waals surface area contributed by atoms with Crippen LogP contribution in [0.3, 0.4) is 0 Å². The van der Waals surface area contributed by atoms with Gasteiger partial charge in [0.05, 0.1) is 11.3 Å². The summed E-state index contributed by atoms with van der Waals surface area (Å²) in [5.74, 6) is -1.97. The summed E-state index contributed by atoms with van der Waals surface area (Å²) in [4.78, 5) is 11.8. The lowest BCUT2D eigenvalue weighted by molar-refractivity contribution is -0.110. The minimum absolute atomic E-state index is 0.00930. The Kier molecular flexibility index (Phi) is 4.20. The van der Waals surface area contributed by atoms with Crippen molar-refractivity contribution in [1.29, 1.82) is 0 Å². The van der Waals surface area contributed by atoms with E-state index in [4.69, 9.17) is 11.6 Å². The number of allylic oxidation sites excluding steroid dienone is 1. The fraction of sp³-hybridized carbons (Fsp3) is 0.357. The highest BCUT2D eigenvalue weighted by Gasteiger charge is 2.30. The van der Waals surface area contributed by atoms with E-state index in [1.54, 1.807) is 0 Å². The zero-order chi connectivity index (χ0) is 14.0. The number of hydrogen-bond acceptors (Lipinski definition) is 1. The lowest BCUT2D eigenvalue weighted by Crippen LogP contribution is -2.05. The van der Waals surface area contributed by atoms with Crippen molar-refractivity contribution in [3.8, 4) is 0 Å². The first-order valence-electron chi connectivity index (χ1n) is 6.24. The number of hydrogen-bond donors (Lipinski definition) is 1. The average Bonchev–Trinajstić information content (AvgIpc) is 2.66. The van der Waals surface area contributed by atoms with Crippen LogP contribution in [0.5, 0.6) is 0 Å². The highest BCUT2D eigenvalue weighted by Crippen LogP contribution is 2.38. The van der Waals surface area contributed by atoms with Crippen LogP contribution in [0.1, 0.15) is 38.2 Å². The third-order valence-electron chi connectivity index (χ3n) is 3.06. The van der Waals surface area contributed by atoms with Crippen LogP contribution in [0.4, 0.5) is 14.5 Å². The molecule has 0 unspecified atom stereocenters. The van der Waals surface area contributed by atoms with Crippen molar-refractivity contribution in [3.05, 3.63) is 34.4 Å². The molecule has 102 valence electrons. The van der Waals surface area contributed by atoms with Crippen LogP contribution < -0.4 is 5.32 Å². The number of rotatable bonds is 4. The van der Waals surface area contributed by atoms with Gasteiger partial charge >= 0.3 is 0 Å². The monoisotopic (exact) mass is 285 g/mol. The second-order valence-corrected chi connectivity index (χ2v) is 4.96. The normalized spacial score (nSPS) is 16.3. The third-order valence-corrected chi connectivity index (χ3v) is 3.44. The van der Waals surface area contributed by atoms with E-state index >= 15 is 0 Å². The predicted molar refractivity (Wildman–Crippen MR) is 71.9 cm³/mol. The van der Waals surface area contributed by atoms with E-state index in [1.807, 2.05) is 0 Å². The number of halogens is 3. The van der Waals surface area contributed by atoms with E-state index in [1.165, 1.54) is 0 Å². The number of amides is 1. The molecule has 1 aliphatic rings. The molecule has 2 rings (SSSR count). The maximum Gasteiger partial charge on any atom is 0.257 e. The Morgan fingerprint density at radius 3 is 2.74 bits per heavy atom. The highest BCUT2D eigenvalue weighted by molar-refractivity contribution is 6.43. The molecule has 1 N–H and O–H groups in total. The quantitative estimate of drug-likeness (QED) is 0.643. The zero-order valence-corrected chi connectivity index (χ0v) is 11.3. The summed E-state index contributed by atoms with van der Waals surface area (Å²) in [6, 6.07) is 1.88. The van der Waals surface area contributed by atoms with E-state index < -0.39 is 17.5 Å². The summed E-state index contributed by atoms with van der Waals surface area (Å²) in [6.45, 7) is 2.06. The lowest BCUT2D eigenvalue weighted by Gasteiger charge is -2.04. The van der Waals surface area contributed by atoms with Gasteiger partial charge in [-0.2, -0.15) is 0 Å². The Morgan fingerprint density at radius 1 is 1.32 bits per heavy atom. The van der Waals surface area contributed by atoms with Crippen molar-refractivity contribution in [3.63, 3.8) is 0 Å². The Balaban J connectivity index is 2.39. The van der Waals surface area contributed by atoms with Crippen molar-refractivity contribution in [1.82, 2.24) is 0 Å². The molecule has 0 aliphatic carbocycles. The molecule has 1 aromatic rings. The molecule has 0 aromatic heterocycles. The van der Waals surface area contributed by atoms with E-state index in [9.17, 15) is 13.6 Å². The van der Waals surface area contributed by atoms with Crippen molar-refractivity contribution in [2.75, 3.05) is 5.32 Å². The molecular formula is C14H14ClF2NO. The Hall–Kier alpha value is -1.42. The van der Waals surface area contributed by atoms with Gasteiger partial charge in [-0.3, -0.25) is 4.79 Å². The first-order valence-corrected chi connectivity index (χ1v) is 6.61. The molecule has 1 aliphatic heterocycles. The van der Waals surface area contributed by atoms with Crippen molar-refractivity contribution >= 4 is 28.8 Å². The number of anilines is 1. The van der Waals surface area contributed by atoms with Gasteiger partial charge in [-0.25, -0.2) is 8.78 Å². The van der Waals surface area contributed by atoms with Crippen LogP contribution in [0.25, 0.3) is 5.57 Å². The Labute approximate surface area is 115 Å². The van der Waals surface area contributed by atoms with Crippen LogP contribution in [-0.4, -0.2) is 5.91 Å². The van der Waals surface area contributed by atoms with Gasteiger partial charge in [0.25, 0.3) is 5.91 Å². The number of nitrogens with one attached hydrogen (secondary N) is 1. The van der Waals surface area contributed by atoms with Gasteiger partial charge in [0, 0.05) is 16.7 Å². The molecule has 1 heterocycles. The van der Waals surface area contributed by atoms with Crippen molar-refractivity contribution in [2.24, 2.45) is 0 Å². The lowest BCUT2D eigenvalue weighted by atomic mass is 10.0. The number of unbranched alkanes of at least 4 members (excludes halogenated alkanes) is 2. The van der Waals surface area contributed by atoms with Crippen LogP contribution in [0, 0.1) is 11.6 Å². The Morgan fingerprint density at radius 2 is 2.05 bits per heavy atom. The van der Waals surface area contributed by atoms with E-state index in [0.29, 0.717) is 11.5 Å². The minimum Gasteiger partial charge on any atom is -0.319 e. The van der Waals surface area contributed by atoms with E-state index in [-0.39, 0.29) is 16.8 Å². The van der Waals surface area contributed by atoms with Crippen LogP contribution in [0.2, 0.25) is 0 Å². The van der Waals surface area contributed by atoms with E-state index in [0.717, 1.165) is 31.4 Å². The molecule has 5 heteroatoms. The van der Waals surface area contributed by atoms with Crippen molar-refractivity contribution in [2.45, 2.75) is 32.6 Å². The zero-order valence-electron chi connectivity index (χ0n) is 10.5. The number of fused-ring (bicyclic) bond motifs is 1. The van der Waals surface area contributed by atoms with Gasteiger partial charge < -0.3 is 5.32 Å². The van der Waals surface area contributed by atoms with Gasteiger partial charge in [0.1, 0.15) is 11.6 Å². The summed E-state index contributed by atoms with van der Waals surface area (Å²) in [5.41, 5.74) is 0.408. The molecule has 19 heavy (non-hydrogen) atoms. The van der Waals surface area contributed by atoms with Gasteiger partial charge in [0.15, 0.2) is 0 Å². The second kappa shape index (κ2) is 5.70. The van der Waals surface area contributed by atoms with Crippen LogP contribution in [-0.2, 0) is 4.79 Å². The summed E-state index contributed by atoms with van der Waals surface area (Å²) in [6.07, 6.45) is 3.41. The molecule has 0 saturated heterocycles. The van der Waals surface area contributed by atoms with Gasteiger partial charge in [-0.1, -0.05) is 31.4 Å². The Bertz CT molecular complexity index is 555. The molecule has 0 radical (unpaired) electrons. The topological polar surface area (TPSA) is 29.1 Å². The maximum absolute atomic E-state index is 13.5. The summed E-state index contributed by atoms with van der Waals surface area (Å²) < 4.78 is 26.8. The molecule has 0 fully saturated rings. The van der Waals surface area contributed by atoms with Gasteiger partial charge in [-0.15, -0.1) is 0 Å². The SMILES string of the molecule is CCCCC/C(Cl)=C1\C(=O)Nc2c(F)cc(F)cc21. The first kappa shape index (κ1) is 14.0. The van der Waals surface area contributed by atoms with Crippen LogP contribution >= 0.6 is 11.6 Å². The number of carbonyl (C=O) groups excluding carboxylic acids is 1. The van der Waals surface area contributed by atoms with E-state index in [2.05, 4.69) is 12.2 Å². The fourth-order valence-corrected chi connectivity index (χ4v) is 2.44. The molecule has 0 saturated carbocycles. The largest absolute Gasteiger partial charge is 0.319 e. The van der Waals surface area contributed by atoms with Crippen LogP contribution in [0.15, 0.2) is 17.2 Å². The number of carbonyl (C=O) groups is 1. The third kappa shape index (κ3) is 2.78. The number of benzene rings is 1. The average molecular weight is 286 g/mol. The van der Waals surface area contributed by atoms with Gasteiger partial charge in [0.2, 0.25) is 0 Å². The molecule has 1 aromatic carbocycles. The predicted octanol–water partition coefficient (Wildman–Crippen LogP) is 4.45. The maximum atomic E-state index is 13.5. The van der Waals surface area contributed by atoms with Crippen molar-refractivity contribution < 1.29 is 13.6 Å². The summed E-state index contributed by atoms with van der Waals surface area (Å²) in [7, 11) is 0. The smallest absolute Gasteiger partial charge is 0.257 e. The van der Waals surface area contributed by atoms with Gasteiger partial charge in [-0.05, 0) is 18.9 Å². The molecule has 1 amide bonds. The molecular weight excluding hydrogens is 272 g/mol. The summed E-state index contributed by atoms with van der Waals surface area (Å²) >= 11 is 6.12. The summed E-state index contributed by atoms with van der Waals surface area (Å²) in [5, 5.41) is 2.75. The first-order chi connectivity index (χ1) is 9.04. The molecule has 0 bridgehead atoms. The molecule has 0 atom stereocenters. The standard InChI is InChI=1S/C14H14ClF2NO/c1-2-3-4-5-10(15)12-9-6-8(16)7-11(17)13(9)18-14(12)19/h6-7H,2-5H2,1H3,(H,18,19)/b12-10+. The molecule has 0 spiro atoms. The second-order valence-electron chi connectivity index (χ2n) is 4.50. The molecule has 2 nitrogen and oxygen atoms in total. The fourth-order valence-electron chi connectivity index (χ4n) is 2.12.